The second-order valence-corrected chi connectivity index (χ2v) is 5.54. The molecule has 1 aromatic carbocycles. The Morgan fingerprint density at radius 2 is 2.24 bits per heavy atom. The number of phenolic OH excluding ortho intramolecular Hbond substituents is 1. The first-order valence-electron chi connectivity index (χ1n) is 7.33. The maximum absolute atomic E-state index is 9.44. The van der Waals surface area contributed by atoms with Crippen molar-refractivity contribution in [3.63, 3.8) is 0 Å². The van der Waals surface area contributed by atoms with Crippen LogP contribution in [0.15, 0.2) is 24.3 Å². The normalized spacial score (nSPS) is 16.8. The fourth-order valence-electron chi connectivity index (χ4n) is 2.77. The SMILES string of the molecule is Cc1cc(C)n(CCCNC2COc3cc(O)ccc32)n1. The maximum atomic E-state index is 9.44. The van der Waals surface area contributed by atoms with Crippen LogP contribution in [0.2, 0.25) is 0 Å². The molecule has 0 saturated heterocycles. The summed E-state index contributed by atoms with van der Waals surface area (Å²) < 4.78 is 7.64. The van der Waals surface area contributed by atoms with E-state index in [4.69, 9.17) is 4.74 Å². The topological polar surface area (TPSA) is 59.3 Å². The van der Waals surface area contributed by atoms with Crippen molar-refractivity contribution in [3.8, 4) is 11.5 Å². The van der Waals surface area contributed by atoms with Crippen LogP contribution in [0.5, 0.6) is 11.5 Å². The lowest BCUT2D eigenvalue weighted by Gasteiger charge is -2.12. The molecule has 0 radical (unpaired) electrons. The molecule has 112 valence electrons. The minimum Gasteiger partial charge on any atom is -0.508 e. The van der Waals surface area contributed by atoms with Gasteiger partial charge in [0.25, 0.3) is 0 Å². The van der Waals surface area contributed by atoms with Gasteiger partial charge in [-0.25, -0.2) is 0 Å². The Labute approximate surface area is 124 Å². The molecule has 21 heavy (non-hydrogen) atoms. The second kappa shape index (κ2) is 5.77. The third kappa shape index (κ3) is 3.03. The molecule has 0 amide bonds. The largest absolute Gasteiger partial charge is 0.508 e. The van der Waals surface area contributed by atoms with E-state index in [-0.39, 0.29) is 11.8 Å². The van der Waals surface area contributed by atoms with Gasteiger partial charge in [-0.2, -0.15) is 5.10 Å². The third-order valence-electron chi connectivity index (χ3n) is 3.82. The van der Waals surface area contributed by atoms with Crippen molar-refractivity contribution < 1.29 is 9.84 Å². The Morgan fingerprint density at radius 3 is 3.00 bits per heavy atom. The molecule has 2 heterocycles. The van der Waals surface area contributed by atoms with Crippen molar-refractivity contribution in [2.24, 2.45) is 0 Å². The summed E-state index contributed by atoms with van der Waals surface area (Å²) in [6.45, 7) is 6.55. The average molecular weight is 287 g/mol. The molecule has 5 heteroatoms. The van der Waals surface area contributed by atoms with Crippen LogP contribution in [-0.2, 0) is 6.54 Å². The lowest BCUT2D eigenvalue weighted by molar-refractivity contribution is 0.308. The van der Waals surface area contributed by atoms with Gasteiger partial charge in [0.1, 0.15) is 18.1 Å². The van der Waals surface area contributed by atoms with Crippen LogP contribution in [0.3, 0.4) is 0 Å². The van der Waals surface area contributed by atoms with E-state index >= 15 is 0 Å². The van der Waals surface area contributed by atoms with Gasteiger partial charge in [0, 0.05) is 23.9 Å². The predicted octanol–water partition coefficient (Wildman–Crippen LogP) is 2.32. The number of phenols is 1. The van der Waals surface area contributed by atoms with Crippen LogP contribution < -0.4 is 10.1 Å². The number of aromatic hydroxyl groups is 1. The first-order valence-corrected chi connectivity index (χ1v) is 7.33. The van der Waals surface area contributed by atoms with E-state index < -0.39 is 0 Å². The van der Waals surface area contributed by atoms with E-state index in [9.17, 15) is 5.11 Å². The summed E-state index contributed by atoms with van der Waals surface area (Å²) in [6, 6.07) is 7.61. The van der Waals surface area contributed by atoms with Gasteiger partial charge in [0.05, 0.1) is 11.7 Å². The number of aryl methyl sites for hydroxylation is 3. The summed E-state index contributed by atoms with van der Waals surface area (Å²) >= 11 is 0. The summed E-state index contributed by atoms with van der Waals surface area (Å²) in [5, 5.41) is 17.4. The molecule has 0 aliphatic carbocycles. The number of rotatable bonds is 5. The quantitative estimate of drug-likeness (QED) is 0.829. The number of hydrogen-bond acceptors (Lipinski definition) is 4. The number of aromatic nitrogens is 2. The van der Waals surface area contributed by atoms with Gasteiger partial charge in [0.15, 0.2) is 0 Å². The Hall–Kier alpha value is -2.01. The van der Waals surface area contributed by atoms with Crippen LogP contribution in [0.4, 0.5) is 0 Å². The van der Waals surface area contributed by atoms with Gasteiger partial charge in [-0.1, -0.05) is 0 Å². The van der Waals surface area contributed by atoms with Crippen LogP contribution in [0.1, 0.15) is 29.4 Å². The van der Waals surface area contributed by atoms with Crippen molar-refractivity contribution in [3.05, 3.63) is 41.2 Å². The second-order valence-electron chi connectivity index (χ2n) is 5.54. The van der Waals surface area contributed by atoms with Crippen molar-refractivity contribution in [1.29, 1.82) is 0 Å². The Balaban J connectivity index is 1.50. The number of hydrogen-bond donors (Lipinski definition) is 2. The molecule has 1 aliphatic heterocycles. The smallest absolute Gasteiger partial charge is 0.127 e. The highest BCUT2D eigenvalue weighted by Crippen LogP contribution is 2.34. The van der Waals surface area contributed by atoms with Gasteiger partial charge in [-0.05, 0) is 45.0 Å². The number of fused-ring (bicyclic) bond motifs is 1. The zero-order valence-electron chi connectivity index (χ0n) is 12.5. The first kappa shape index (κ1) is 13.9. The molecule has 1 aliphatic rings. The molecule has 3 rings (SSSR count). The van der Waals surface area contributed by atoms with Gasteiger partial charge < -0.3 is 15.2 Å². The van der Waals surface area contributed by atoms with E-state index in [0.717, 1.165) is 36.5 Å². The molecule has 1 unspecified atom stereocenters. The molecule has 0 fully saturated rings. The van der Waals surface area contributed by atoms with E-state index in [1.54, 1.807) is 12.1 Å². The maximum Gasteiger partial charge on any atom is 0.127 e. The molecule has 1 aromatic heterocycles. The van der Waals surface area contributed by atoms with Crippen molar-refractivity contribution in [2.75, 3.05) is 13.2 Å². The highest BCUT2D eigenvalue weighted by atomic mass is 16.5. The molecule has 2 aromatic rings. The van der Waals surface area contributed by atoms with Crippen LogP contribution in [-0.4, -0.2) is 28.0 Å². The lowest BCUT2D eigenvalue weighted by atomic mass is 10.1. The number of benzene rings is 1. The molecule has 0 spiro atoms. The predicted molar refractivity (Wildman–Crippen MR) is 80.7 cm³/mol. The average Bonchev–Trinajstić information content (AvgIpc) is 2.98. The van der Waals surface area contributed by atoms with E-state index in [1.807, 2.05) is 17.7 Å². The van der Waals surface area contributed by atoms with Crippen molar-refractivity contribution in [1.82, 2.24) is 15.1 Å². The zero-order chi connectivity index (χ0) is 14.8. The van der Waals surface area contributed by atoms with E-state index in [1.165, 1.54) is 5.69 Å². The molecule has 2 N–H and O–H groups in total. The Bertz CT molecular complexity index is 636. The van der Waals surface area contributed by atoms with Gasteiger partial charge in [-0.15, -0.1) is 0 Å². The van der Waals surface area contributed by atoms with Gasteiger partial charge in [-0.3, -0.25) is 4.68 Å². The number of nitrogens with zero attached hydrogens (tertiary/aromatic N) is 2. The summed E-state index contributed by atoms with van der Waals surface area (Å²) in [5.41, 5.74) is 3.40. The Morgan fingerprint density at radius 1 is 1.38 bits per heavy atom. The molecule has 1 atom stereocenters. The minimum atomic E-state index is 0.209. The monoisotopic (exact) mass is 287 g/mol. The molecular formula is C16H21N3O2. The summed E-state index contributed by atoms with van der Waals surface area (Å²) in [5.74, 6) is 1.03. The first-order chi connectivity index (χ1) is 10.1. The van der Waals surface area contributed by atoms with Gasteiger partial charge >= 0.3 is 0 Å². The summed E-state index contributed by atoms with van der Waals surface area (Å²) in [4.78, 5) is 0. The van der Waals surface area contributed by atoms with Crippen LogP contribution in [0, 0.1) is 13.8 Å². The van der Waals surface area contributed by atoms with Crippen molar-refractivity contribution >= 4 is 0 Å². The van der Waals surface area contributed by atoms with Crippen molar-refractivity contribution in [2.45, 2.75) is 32.9 Å². The van der Waals surface area contributed by atoms with E-state index in [0.29, 0.717) is 6.61 Å². The molecular weight excluding hydrogens is 266 g/mol. The lowest BCUT2D eigenvalue weighted by Crippen LogP contribution is -2.24. The fourth-order valence-corrected chi connectivity index (χ4v) is 2.77. The molecule has 5 nitrogen and oxygen atoms in total. The highest BCUT2D eigenvalue weighted by molar-refractivity contribution is 5.44. The molecule has 0 saturated carbocycles. The fraction of sp³-hybridized carbons (Fsp3) is 0.438. The minimum absolute atomic E-state index is 0.209. The summed E-state index contributed by atoms with van der Waals surface area (Å²) in [7, 11) is 0. The number of nitrogens with one attached hydrogen (secondary N) is 1. The highest BCUT2D eigenvalue weighted by Gasteiger charge is 2.23. The third-order valence-corrected chi connectivity index (χ3v) is 3.82. The van der Waals surface area contributed by atoms with Crippen LogP contribution in [0.25, 0.3) is 0 Å². The van der Waals surface area contributed by atoms with Crippen LogP contribution >= 0.6 is 0 Å². The number of ether oxygens (including phenoxy) is 1. The molecule has 0 bridgehead atoms. The standard InChI is InChI=1S/C16H21N3O2/c1-11-8-12(2)19(18-11)7-3-6-17-15-10-21-16-9-13(20)4-5-14(15)16/h4-5,8-9,15,17,20H,3,6-7,10H2,1-2H3. The van der Waals surface area contributed by atoms with Gasteiger partial charge in [0.2, 0.25) is 0 Å². The zero-order valence-corrected chi connectivity index (χ0v) is 12.5. The summed E-state index contributed by atoms with van der Waals surface area (Å²) in [6.07, 6.45) is 1.02. The Kier molecular flexibility index (Phi) is 3.84. The van der Waals surface area contributed by atoms with E-state index in [2.05, 4.69) is 23.4 Å².